The van der Waals surface area contributed by atoms with E-state index in [1.54, 1.807) is 21.0 Å². The van der Waals surface area contributed by atoms with Gasteiger partial charge in [0.15, 0.2) is 17.7 Å². The Hall–Kier alpha value is -1.14. The normalized spacial score (nSPS) is 51.8. The predicted octanol–water partition coefficient (Wildman–Crippen LogP) is 5.75. The molecule has 52 heavy (non-hydrogen) atoms. The zero-order chi connectivity index (χ0) is 38.0. The van der Waals surface area contributed by atoms with E-state index in [9.17, 15) is 20.1 Å². The van der Waals surface area contributed by atoms with E-state index in [1.807, 2.05) is 6.92 Å². The van der Waals surface area contributed by atoms with E-state index in [-0.39, 0.29) is 57.9 Å². The molecule has 2 bridgehead atoms. The maximum Gasteiger partial charge on any atom is 0.303 e. The first-order valence-corrected chi connectivity index (χ1v) is 20.5. The Bertz CT molecular complexity index is 1410. The van der Waals surface area contributed by atoms with Crippen molar-refractivity contribution in [1.82, 2.24) is 0 Å². The highest BCUT2D eigenvalue weighted by molar-refractivity contribution is 5.93. The molecule has 0 aromatic rings. The van der Waals surface area contributed by atoms with Crippen molar-refractivity contribution in [3.05, 3.63) is 0 Å². The number of fused-ring (bicyclic) bond motifs is 4. The van der Waals surface area contributed by atoms with E-state index >= 15 is 4.79 Å². The number of carbonyl (C=O) groups excluding carboxylic acids is 2. The second kappa shape index (κ2) is 12.7. The summed E-state index contributed by atoms with van der Waals surface area (Å²) in [6, 6.07) is 0. The largest absolute Gasteiger partial charge is 0.457 e. The Labute approximate surface area is 311 Å². The van der Waals surface area contributed by atoms with Crippen LogP contribution in [0.2, 0.25) is 0 Å². The second-order valence-corrected chi connectivity index (χ2v) is 20.0. The van der Waals surface area contributed by atoms with E-state index in [0.717, 1.165) is 57.8 Å². The smallest absolute Gasteiger partial charge is 0.303 e. The summed E-state index contributed by atoms with van der Waals surface area (Å²) in [7, 11) is 1.55. The highest BCUT2D eigenvalue weighted by Gasteiger charge is 2.81. The molecule has 0 aromatic carbocycles. The average molecular weight is 733 g/mol. The molecule has 2 heterocycles. The number of carbonyl (C=O) groups is 2. The van der Waals surface area contributed by atoms with Crippen LogP contribution in [0.5, 0.6) is 0 Å². The van der Waals surface area contributed by atoms with Gasteiger partial charge in [0.25, 0.3) is 0 Å². The maximum atomic E-state index is 15.2. The van der Waals surface area contributed by atoms with Gasteiger partial charge in [0.1, 0.15) is 24.4 Å². The van der Waals surface area contributed by atoms with Crippen LogP contribution in [-0.4, -0.2) is 94.9 Å². The van der Waals surface area contributed by atoms with Gasteiger partial charge < -0.3 is 39.0 Å². The third kappa shape index (κ3) is 5.19. The van der Waals surface area contributed by atoms with E-state index in [4.69, 9.17) is 23.7 Å². The van der Waals surface area contributed by atoms with Gasteiger partial charge >= 0.3 is 5.97 Å². The zero-order valence-corrected chi connectivity index (χ0v) is 33.5. The first-order valence-electron chi connectivity index (χ1n) is 20.5. The molecule has 0 radical (unpaired) electrons. The number of Topliss-reactive ketones (excluding diaryl/α,β-unsaturated/α-hetero) is 1. The molecule has 7 aliphatic rings. The van der Waals surface area contributed by atoms with Crippen molar-refractivity contribution >= 4 is 11.8 Å². The van der Waals surface area contributed by atoms with Gasteiger partial charge in [-0.25, -0.2) is 0 Å². The number of methoxy groups -OCH3 is 1. The minimum atomic E-state index is -1.31. The number of ether oxygens (including phenoxy) is 5. The standard InChI is InChI=1S/C42H68O10/c1-11-42(35(48-10)31(45)25(44)22-49-42)52-29-14-12-13-16-40-19-18-38(8)30-23(2)20-26(34(37(6,7)47)50-24(3)43)51-32(30)33(46)39(38,9)27(40)15-17-41(21-28(40)41)36(29,4)5/h23,25-32,34-35,44-45,47H,11-22H2,1-10H3. The molecular formula is C42H68O10. The number of hydrogen-bond acceptors (Lipinski definition) is 10. The minimum absolute atomic E-state index is 0.000805. The second-order valence-electron chi connectivity index (χ2n) is 20.0. The first kappa shape index (κ1) is 39.1. The van der Waals surface area contributed by atoms with Crippen molar-refractivity contribution in [1.29, 1.82) is 0 Å². The van der Waals surface area contributed by atoms with Crippen molar-refractivity contribution in [2.75, 3.05) is 13.7 Å². The van der Waals surface area contributed by atoms with Gasteiger partial charge in [-0.2, -0.15) is 0 Å². The molecule has 16 unspecified atom stereocenters. The number of rotatable bonds is 7. The van der Waals surface area contributed by atoms with Gasteiger partial charge in [-0.15, -0.1) is 0 Å². The van der Waals surface area contributed by atoms with Crippen LogP contribution in [-0.2, 0) is 33.3 Å². The van der Waals surface area contributed by atoms with Gasteiger partial charge in [-0.3, -0.25) is 9.59 Å². The van der Waals surface area contributed by atoms with Gasteiger partial charge in [0.05, 0.1) is 24.4 Å². The van der Waals surface area contributed by atoms with Crippen molar-refractivity contribution in [2.45, 2.75) is 187 Å². The molecule has 5 aliphatic carbocycles. The lowest BCUT2D eigenvalue weighted by Crippen LogP contribution is -2.64. The Balaban J connectivity index is 1.20. The molecule has 7 rings (SSSR count). The first-order chi connectivity index (χ1) is 24.2. The molecular weight excluding hydrogens is 664 g/mol. The Morgan fingerprint density at radius 1 is 1.04 bits per heavy atom. The zero-order valence-electron chi connectivity index (χ0n) is 33.5. The number of hydrogen-bond donors (Lipinski definition) is 3. The van der Waals surface area contributed by atoms with Crippen molar-refractivity contribution in [3.8, 4) is 0 Å². The van der Waals surface area contributed by atoms with E-state index in [0.29, 0.717) is 18.8 Å². The van der Waals surface area contributed by atoms with Crippen LogP contribution >= 0.6 is 0 Å². The summed E-state index contributed by atoms with van der Waals surface area (Å²) in [6.07, 6.45) is 5.35. The van der Waals surface area contributed by atoms with Gasteiger partial charge in [0, 0.05) is 31.8 Å². The van der Waals surface area contributed by atoms with Crippen LogP contribution in [0.1, 0.15) is 133 Å². The SMILES string of the molecule is CCC1(OC2CCCCC34CCC5(C)C6C(C)CC(C(OC(C)=O)C(C)(C)O)OC6C(=O)C5(C)C3CCC3(CC43)C2(C)C)OCC(O)C(O)C1OC. The number of aliphatic hydroxyl groups excluding tert-OH is 2. The molecule has 10 heteroatoms. The van der Waals surface area contributed by atoms with Gasteiger partial charge in [-0.05, 0) is 105 Å². The lowest BCUT2D eigenvalue weighted by Gasteiger charge is -2.64. The molecule has 2 saturated heterocycles. The number of esters is 1. The monoisotopic (exact) mass is 732 g/mol. The highest BCUT2D eigenvalue weighted by Crippen LogP contribution is 2.84. The fourth-order valence-corrected chi connectivity index (χ4v) is 14.4. The van der Waals surface area contributed by atoms with Crippen LogP contribution < -0.4 is 0 Å². The predicted molar refractivity (Wildman–Crippen MR) is 193 cm³/mol. The summed E-state index contributed by atoms with van der Waals surface area (Å²) in [5, 5.41) is 32.5. The number of ketones is 1. The summed E-state index contributed by atoms with van der Waals surface area (Å²) in [6.45, 7) is 18.3. The van der Waals surface area contributed by atoms with Gasteiger partial charge in [-0.1, -0.05) is 54.4 Å². The molecule has 0 aromatic heterocycles. The molecule has 0 amide bonds. The average Bonchev–Trinajstić information content (AvgIpc) is 3.81. The highest BCUT2D eigenvalue weighted by atomic mass is 16.7. The molecule has 16 atom stereocenters. The fraction of sp³-hybridized carbons (Fsp3) is 0.952. The summed E-state index contributed by atoms with van der Waals surface area (Å²) in [4.78, 5) is 27.4. The summed E-state index contributed by atoms with van der Waals surface area (Å²) >= 11 is 0. The molecule has 7 fully saturated rings. The Kier molecular flexibility index (Phi) is 9.54. The summed E-state index contributed by atoms with van der Waals surface area (Å²) in [5.74, 6) is -0.430. The molecule has 1 spiro atoms. The van der Waals surface area contributed by atoms with Crippen LogP contribution in [0.3, 0.4) is 0 Å². The van der Waals surface area contributed by atoms with Crippen molar-refractivity contribution < 1.29 is 48.6 Å². The van der Waals surface area contributed by atoms with Crippen molar-refractivity contribution in [2.24, 2.45) is 50.7 Å². The molecule has 2 aliphatic heterocycles. The van der Waals surface area contributed by atoms with Gasteiger partial charge in [0.2, 0.25) is 0 Å². The molecule has 10 nitrogen and oxygen atoms in total. The minimum Gasteiger partial charge on any atom is -0.457 e. The topological polar surface area (TPSA) is 141 Å². The Morgan fingerprint density at radius 2 is 1.75 bits per heavy atom. The van der Waals surface area contributed by atoms with Crippen LogP contribution in [0, 0.1) is 50.7 Å². The van der Waals surface area contributed by atoms with E-state index in [2.05, 4.69) is 34.6 Å². The number of aliphatic hydroxyl groups is 3. The van der Waals surface area contributed by atoms with Crippen LogP contribution in [0.15, 0.2) is 0 Å². The molecule has 296 valence electrons. The summed E-state index contributed by atoms with van der Waals surface area (Å²) < 4.78 is 31.7. The Morgan fingerprint density at radius 3 is 2.38 bits per heavy atom. The third-order valence-corrected chi connectivity index (χ3v) is 17.2. The summed E-state index contributed by atoms with van der Waals surface area (Å²) in [5.41, 5.74) is -2.17. The van der Waals surface area contributed by atoms with E-state index < -0.39 is 59.4 Å². The quantitative estimate of drug-likeness (QED) is 0.277. The maximum absolute atomic E-state index is 15.2. The lowest BCUT2D eigenvalue weighted by molar-refractivity contribution is -0.367. The van der Waals surface area contributed by atoms with Crippen LogP contribution in [0.25, 0.3) is 0 Å². The van der Waals surface area contributed by atoms with Crippen molar-refractivity contribution in [3.63, 3.8) is 0 Å². The van der Waals surface area contributed by atoms with E-state index in [1.165, 1.54) is 6.92 Å². The van der Waals surface area contributed by atoms with Crippen LogP contribution in [0.4, 0.5) is 0 Å². The molecule has 5 saturated carbocycles. The third-order valence-electron chi connectivity index (χ3n) is 17.2. The molecule has 3 N–H and O–H groups in total. The fourth-order valence-electron chi connectivity index (χ4n) is 14.4. The lowest BCUT2D eigenvalue weighted by atomic mass is 9.39.